The van der Waals surface area contributed by atoms with Crippen molar-refractivity contribution in [3.63, 3.8) is 0 Å². The molecule has 0 amide bonds. The summed E-state index contributed by atoms with van der Waals surface area (Å²) >= 11 is 0. The second-order valence-electron chi connectivity index (χ2n) is 3.19. The Morgan fingerprint density at radius 2 is 1.21 bits per heavy atom. The second-order valence-corrected chi connectivity index (χ2v) is 3.19. The highest BCUT2D eigenvalue weighted by atomic mass is 35.5. The SMILES string of the molecule is Cl.[N-]=[N+]=NCCOCCOCCOCCOCCN. The van der Waals surface area contributed by atoms with E-state index in [-0.39, 0.29) is 12.4 Å². The molecule has 0 fully saturated rings. The Balaban J connectivity index is 0. The lowest BCUT2D eigenvalue weighted by Gasteiger charge is -2.06. The van der Waals surface area contributed by atoms with E-state index < -0.39 is 0 Å². The van der Waals surface area contributed by atoms with Crippen LogP contribution in [0.3, 0.4) is 0 Å². The lowest BCUT2D eigenvalue weighted by molar-refractivity contribution is -0.000146. The fourth-order valence-corrected chi connectivity index (χ4v) is 0.995. The third kappa shape index (κ3) is 19.9. The lowest BCUT2D eigenvalue weighted by Crippen LogP contribution is -2.14. The molecule has 0 saturated heterocycles. The van der Waals surface area contributed by atoms with Crippen LogP contribution < -0.4 is 5.73 Å². The van der Waals surface area contributed by atoms with E-state index in [1.807, 2.05) is 0 Å². The van der Waals surface area contributed by atoms with E-state index in [0.717, 1.165) is 0 Å². The van der Waals surface area contributed by atoms with Crippen LogP contribution >= 0.6 is 12.4 Å². The molecule has 0 unspecified atom stereocenters. The molecule has 0 aromatic heterocycles. The fraction of sp³-hybridized carbons (Fsp3) is 1.00. The first-order valence-corrected chi connectivity index (χ1v) is 5.93. The Hall–Kier alpha value is -0.600. The molecule has 0 bridgehead atoms. The minimum absolute atomic E-state index is 0. The number of nitrogens with two attached hydrogens (primary N) is 1. The maximum Gasteiger partial charge on any atom is 0.0701 e. The summed E-state index contributed by atoms with van der Waals surface area (Å²) in [4.78, 5) is 2.61. The van der Waals surface area contributed by atoms with Crippen LogP contribution in [0.15, 0.2) is 5.11 Å². The van der Waals surface area contributed by atoms with Gasteiger partial charge >= 0.3 is 0 Å². The average molecular weight is 299 g/mol. The first-order chi connectivity index (χ1) is 8.91. The minimum atomic E-state index is 0. The van der Waals surface area contributed by atoms with E-state index in [2.05, 4.69) is 10.0 Å². The quantitative estimate of drug-likeness (QED) is 0.220. The van der Waals surface area contributed by atoms with Gasteiger partial charge in [0.15, 0.2) is 0 Å². The molecule has 0 aromatic rings. The topological polar surface area (TPSA) is 112 Å². The highest BCUT2D eigenvalue weighted by Crippen LogP contribution is 1.83. The predicted octanol–water partition coefficient (Wildman–Crippen LogP) is 0.744. The normalized spacial score (nSPS) is 9.74. The molecule has 0 heterocycles. The number of hydrogen-bond acceptors (Lipinski definition) is 6. The van der Waals surface area contributed by atoms with Gasteiger partial charge in [0, 0.05) is 18.0 Å². The average Bonchev–Trinajstić information content (AvgIpc) is 2.39. The highest BCUT2D eigenvalue weighted by Gasteiger charge is 1.91. The van der Waals surface area contributed by atoms with Crippen molar-refractivity contribution in [2.45, 2.75) is 0 Å². The Labute approximate surface area is 119 Å². The van der Waals surface area contributed by atoms with Gasteiger partial charge in [-0.1, -0.05) is 5.11 Å². The van der Waals surface area contributed by atoms with Gasteiger partial charge in [0.25, 0.3) is 0 Å². The molecule has 8 nitrogen and oxygen atoms in total. The van der Waals surface area contributed by atoms with Gasteiger partial charge in [0.05, 0.1) is 52.9 Å². The summed E-state index contributed by atoms with van der Waals surface area (Å²) in [5, 5.41) is 3.34. The van der Waals surface area contributed by atoms with Gasteiger partial charge < -0.3 is 24.7 Å². The van der Waals surface area contributed by atoms with Crippen molar-refractivity contribution in [1.29, 1.82) is 0 Å². The van der Waals surface area contributed by atoms with E-state index in [4.69, 9.17) is 30.2 Å². The summed E-state index contributed by atoms with van der Waals surface area (Å²) < 4.78 is 20.8. The van der Waals surface area contributed by atoms with Gasteiger partial charge in [0.1, 0.15) is 0 Å². The van der Waals surface area contributed by atoms with Gasteiger partial charge in [-0.25, -0.2) is 0 Å². The Kier molecular flexibility index (Phi) is 21.5. The maximum absolute atomic E-state index is 8.01. The molecule has 0 aliphatic carbocycles. The molecule has 2 N–H and O–H groups in total. The van der Waals surface area contributed by atoms with Crippen LogP contribution in [-0.2, 0) is 18.9 Å². The zero-order valence-corrected chi connectivity index (χ0v) is 11.8. The van der Waals surface area contributed by atoms with Crippen molar-refractivity contribution in [3.8, 4) is 0 Å². The second kappa shape index (κ2) is 19.7. The molecular formula is C10H23ClN4O4. The zero-order chi connectivity index (χ0) is 13.3. The standard InChI is InChI=1S/C10H22N4O4.ClH/c11-1-3-15-5-7-17-9-10-18-8-6-16-4-2-13-14-12;/h1-11H2;1H. The number of rotatable bonds is 14. The number of ether oxygens (including phenoxy) is 4. The van der Waals surface area contributed by atoms with Crippen molar-refractivity contribution in [3.05, 3.63) is 10.4 Å². The van der Waals surface area contributed by atoms with Crippen LogP contribution in [0.2, 0.25) is 0 Å². The van der Waals surface area contributed by atoms with E-state index in [9.17, 15) is 0 Å². The van der Waals surface area contributed by atoms with E-state index in [1.54, 1.807) is 0 Å². The van der Waals surface area contributed by atoms with Gasteiger partial charge in [-0.2, -0.15) is 0 Å². The molecule has 114 valence electrons. The van der Waals surface area contributed by atoms with E-state index in [1.165, 1.54) is 0 Å². The smallest absolute Gasteiger partial charge is 0.0701 e. The van der Waals surface area contributed by atoms with Gasteiger partial charge in [-0.3, -0.25) is 0 Å². The third-order valence-electron chi connectivity index (χ3n) is 1.78. The number of azide groups is 1. The molecular weight excluding hydrogens is 276 g/mol. The first-order valence-electron chi connectivity index (χ1n) is 5.93. The third-order valence-corrected chi connectivity index (χ3v) is 1.78. The maximum atomic E-state index is 8.01. The van der Waals surface area contributed by atoms with Crippen molar-refractivity contribution in [2.24, 2.45) is 10.8 Å². The summed E-state index contributed by atoms with van der Waals surface area (Å²) in [6.45, 7) is 5.01. The van der Waals surface area contributed by atoms with Gasteiger partial charge in [-0.05, 0) is 5.53 Å². The van der Waals surface area contributed by atoms with Crippen LogP contribution in [0.25, 0.3) is 10.4 Å². The molecule has 0 aliphatic rings. The van der Waals surface area contributed by atoms with E-state index in [0.29, 0.717) is 65.9 Å². The Bertz CT molecular complexity index is 218. The Morgan fingerprint density at radius 3 is 1.63 bits per heavy atom. The molecule has 19 heavy (non-hydrogen) atoms. The number of nitrogens with zero attached hydrogens (tertiary/aromatic N) is 3. The summed E-state index contributed by atoms with van der Waals surface area (Å²) in [6, 6.07) is 0. The minimum Gasteiger partial charge on any atom is -0.379 e. The zero-order valence-electron chi connectivity index (χ0n) is 11.0. The van der Waals surface area contributed by atoms with Crippen molar-refractivity contribution in [1.82, 2.24) is 0 Å². The molecule has 0 radical (unpaired) electrons. The van der Waals surface area contributed by atoms with Gasteiger partial charge in [0.2, 0.25) is 0 Å². The van der Waals surface area contributed by atoms with Crippen LogP contribution in [0.1, 0.15) is 0 Å². The van der Waals surface area contributed by atoms with Crippen LogP contribution in [0.5, 0.6) is 0 Å². The van der Waals surface area contributed by atoms with Crippen LogP contribution in [-0.4, -0.2) is 65.9 Å². The summed E-state index contributed by atoms with van der Waals surface area (Å²) in [5.41, 5.74) is 13.3. The fourth-order valence-electron chi connectivity index (χ4n) is 0.995. The molecule has 0 aromatic carbocycles. The summed E-state index contributed by atoms with van der Waals surface area (Å²) in [7, 11) is 0. The van der Waals surface area contributed by atoms with Crippen LogP contribution in [0.4, 0.5) is 0 Å². The summed E-state index contributed by atoms with van der Waals surface area (Å²) in [6.07, 6.45) is 0. The molecule has 0 spiro atoms. The number of halogens is 1. The number of hydrogen-bond donors (Lipinski definition) is 1. The molecule has 0 saturated carbocycles. The Morgan fingerprint density at radius 1 is 0.789 bits per heavy atom. The van der Waals surface area contributed by atoms with Crippen molar-refractivity contribution < 1.29 is 18.9 Å². The first kappa shape index (κ1) is 20.7. The molecule has 0 rings (SSSR count). The van der Waals surface area contributed by atoms with Crippen molar-refractivity contribution in [2.75, 3.05) is 65.9 Å². The predicted molar refractivity (Wildman–Crippen MR) is 73.6 cm³/mol. The molecule has 0 atom stereocenters. The monoisotopic (exact) mass is 298 g/mol. The van der Waals surface area contributed by atoms with E-state index >= 15 is 0 Å². The van der Waals surface area contributed by atoms with Gasteiger partial charge in [-0.15, -0.1) is 12.4 Å². The lowest BCUT2D eigenvalue weighted by atomic mass is 10.6. The van der Waals surface area contributed by atoms with Crippen LogP contribution in [0, 0.1) is 0 Å². The highest BCUT2D eigenvalue weighted by molar-refractivity contribution is 5.85. The van der Waals surface area contributed by atoms with Crippen molar-refractivity contribution >= 4 is 12.4 Å². The molecule has 0 aliphatic heterocycles. The summed E-state index contributed by atoms with van der Waals surface area (Å²) in [5.74, 6) is 0. The largest absolute Gasteiger partial charge is 0.379 e. The molecule has 9 heteroatoms.